The third kappa shape index (κ3) is 5.08. The van der Waals surface area contributed by atoms with E-state index in [1.807, 2.05) is 12.1 Å². The quantitative estimate of drug-likeness (QED) is 0.576. The number of sulfonamides is 1. The lowest BCUT2D eigenvalue weighted by Gasteiger charge is -2.17. The van der Waals surface area contributed by atoms with Crippen molar-refractivity contribution in [3.63, 3.8) is 0 Å². The average molecular weight is 445 g/mol. The van der Waals surface area contributed by atoms with E-state index in [-0.39, 0.29) is 10.6 Å². The maximum absolute atomic E-state index is 13.3. The summed E-state index contributed by atoms with van der Waals surface area (Å²) in [6.07, 6.45) is 5.33. The summed E-state index contributed by atoms with van der Waals surface area (Å²) in [6.45, 7) is 2.54. The zero-order chi connectivity index (χ0) is 21.8. The molecule has 0 radical (unpaired) electrons. The molecular weight excluding hydrogens is 424 g/mol. The minimum Gasteiger partial charge on any atom is -0.366 e. The van der Waals surface area contributed by atoms with Crippen LogP contribution in [0.1, 0.15) is 18.4 Å². The Morgan fingerprint density at radius 1 is 0.968 bits per heavy atom. The van der Waals surface area contributed by atoms with E-state index >= 15 is 0 Å². The predicted octanol–water partition coefficient (Wildman–Crippen LogP) is 3.77. The second-order valence-corrected chi connectivity index (χ2v) is 8.87. The van der Waals surface area contributed by atoms with Gasteiger partial charge in [0.25, 0.3) is 10.0 Å². The van der Waals surface area contributed by atoms with Gasteiger partial charge in [0.05, 0.1) is 5.69 Å². The fraction of sp³-hybridized carbons (Fsp3) is 0.238. The molecule has 1 saturated heterocycles. The van der Waals surface area contributed by atoms with Crippen LogP contribution in [0.2, 0.25) is 0 Å². The molecule has 3 aromatic rings. The van der Waals surface area contributed by atoms with E-state index in [0.717, 1.165) is 42.7 Å². The first-order valence-electron chi connectivity index (χ1n) is 9.78. The molecule has 3 heterocycles. The summed E-state index contributed by atoms with van der Waals surface area (Å²) >= 11 is 0. The fourth-order valence-electron chi connectivity index (χ4n) is 3.30. The summed E-state index contributed by atoms with van der Waals surface area (Å²) in [6, 6.07) is 9.65. The highest BCUT2D eigenvalue weighted by Crippen LogP contribution is 2.20. The summed E-state index contributed by atoms with van der Waals surface area (Å²) in [5.41, 5.74) is 0.961. The second-order valence-electron chi connectivity index (χ2n) is 7.18. The standard InChI is InChI=1S/C21H21F2N5O2S/c22-18-5-3-16(12-19(18)23)27-31(29,30)17-4-6-20(26-14-17)25-13-15-7-8-24-21(11-15)28-9-1-2-10-28/h3-8,11-12,14,27H,1-2,9-10,13H2,(H,25,26). The van der Waals surface area contributed by atoms with Crippen molar-refractivity contribution in [1.82, 2.24) is 9.97 Å². The highest BCUT2D eigenvalue weighted by molar-refractivity contribution is 7.92. The van der Waals surface area contributed by atoms with Crippen molar-refractivity contribution in [2.24, 2.45) is 0 Å². The van der Waals surface area contributed by atoms with E-state index < -0.39 is 21.7 Å². The Labute approximate surface area is 179 Å². The normalized spacial score (nSPS) is 13.9. The van der Waals surface area contributed by atoms with Gasteiger partial charge in [0, 0.05) is 38.1 Å². The van der Waals surface area contributed by atoms with Crippen LogP contribution in [0.5, 0.6) is 0 Å². The van der Waals surface area contributed by atoms with Gasteiger partial charge in [-0.25, -0.2) is 27.2 Å². The molecule has 0 atom stereocenters. The average Bonchev–Trinajstić information content (AvgIpc) is 3.30. The molecule has 1 aliphatic heterocycles. The zero-order valence-electron chi connectivity index (χ0n) is 16.6. The maximum Gasteiger partial charge on any atom is 0.263 e. The van der Waals surface area contributed by atoms with Gasteiger partial charge in [0.1, 0.15) is 16.5 Å². The van der Waals surface area contributed by atoms with Crippen LogP contribution in [0, 0.1) is 11.6 Å². The van der Waals surface area contributed by atoms with Crippen LogP contribution in [0.15, 0.2) is 59.8 Å². The van der Waals surface area contributed by atoms with E-state index in [2.05, 4.69) is 24.9 Å². The molecule has 162 valence electrons. The van der Waals surface area contributed by atoms with E-state index in [1.54, 1.807) is 12.3 Å². The third-order valence-electron chi connectivity index (χ3n) is 4.93. The lowest BCUT2D eigenvalue weighted by Crippen LogP contribution is -2.19. The molecule has 0 spiro atoms. The molecule has 0 saturated carbocycles. The van der Waals surface area contributed by atoms with Gasteiger partial charge in [-0.1, -0.05) is 0 Å². The van der Waals surface area contributed by atoms with Crippen LogP contribution < -0.4 is 14.9 Å². The van der Waals surface area contributed by atoms with Crippen LogP contribution in [-0.4, -0.2) is 31.5 Å². The van der Waals surface area contributed by atoms with Gasteiger partial charge < -0.3 is 10.2 Å². The number of hydrogen-bond acceptors (Lipinski definition) is 6. The second kappa shape index (κ2) is 8.84. The number of anilines is 3. The minimum absolute atomic E-state index is 0.0763. The number of hydrogen-bond donors (Lipinski definition) is 2. The first-order chi connectivity index (χ1) is 14.9. The predicted molar refractivity (Wildman–Crippen MR) is 114 cm³/mol. The number of benzene rings is 1. The summed E-state index contributed by atoms with van der Waals surface area (Å²) in [4.78, 5) is 10.7. The van der Waals surface area contributed by atoms with Crippen molar-refractivity contribution in [3.05, 3.63) is 72.1 Å². The van der Waals surface area contributed by atoms with Crippen molar-refractivity contribution in [2.75, 3.05) is 28.0 Å². The Morgan fingerprint density at radius 3 is 2.48 bits per heavy atom. The Bertz CT molecular complexity index is 1170. The first-order valence-corrected chi connectivity index (χ1v) is 11.3. The fourth-order valence-corrected chi connectivity index (χ4v) is 4.29. The molecular formula is C21H21F2N5O2S. The van der Waals surface area contributed by atoms with E-state index in [1.165, 1.54) is 25.1 Å². The number of nitrogens with zero attached hydrogens (tertiary/aromatic N) is 3. The topological polar surface area (TPSA) is 87.2 Å². The largest absolute Gasteiger partial charge is 0.366 e. The molecule has 0 amide bonds. The molecule has 0 unspecified atom stereocenters. The molecule has 1 fully saturated rings. The molecule has 7 nitrogen and oxygen atoms in total. The van der Waals surface area contributed by atoms with Crippen molar-refractivity contribution < 1.29 is 17.2 Å². The number of aromatic nitrogens is 2. The molecule has 0 bridgehead atoms. The molecule has 0 aliphatic carbocycles. The van der Waals surface area contributed by atoms with Crippen molar-refractivity contribution >= 4 is 27.3 Å². The summed E-state index contributed by atoms with van der Waals surface area (Å²) in [7, 11) is -3.99. The summed E-state index contributed by atoms with van der Waals surface area (Å²) in [5, 5.41) is 3.16. The Hall–Kier alpha value is -3.27. The van der Waals surface area contributed by atoms with Gasteiger partial charge in [-0.15, -0.1) is 0 Å². The van der Waals surface area contributed by atoms with Crippen molar-refractivity contribution in [3.8, 4) is 0 Å². The van der Waals surface area contributed by atoms with Crippen LogP contribution in [-0.2, 0) is 16.6 Å². The van der Waals surface area contributed by atoms with Crippen LogP contribution >= 0.6 is 0 Å². The van der Waals surface area contributed by atoms with Crippen molar-refractivity contribution in [1.29, 1.82) is 0 Å². The van der Waals surface area contributed by atoms with Gasteiger partial charge in [0.2, 0.25) is 0 Å². The molecule has 31 heavy (non-hydrogen) atoms. The van der Waals surface area contributed by atoms with Gasteiger partial charge in [0.15, 0.2) is 11.6 Å². The highest BCUT2D eigenvalue weighted by Gasteiger charge is 2.16. The molecule has 4 rings (SSSR count). The Balaban J connectivity index is 1.40. The van der Waals surface area contributed by atoms with E-state index in [9.17, 15) is 17.2 Å². The van der Waals surface area contributed by atoms with Crippen LogP contribution in [0.3, 0.4) is 0 Å². The number of halogens is 2. The zero-order valence-corrected chi connectivity index (χ0v) is 17.4. The molecule has 2 aromatic heterocycles. The highest BCUT2D eigenvalue weighted by atomic mass is 32.2. The molecule has 1 aliphatic rings. The Kier molecular flexibility index (Phi) is 5.99. The molecule has 1 aromatic carbocycles. The monoisotopic (exact) mass is 445 g/mol. The van der Waals surface area contributed by atoms with E-state index in [0.29, 0.717) is 12.4 Å². The minimum atomic E-state index is -3.99. The lowest BCUT2D eigenvalue weighted by atomic mass is 10.2. The molecule has 10 heteroatoms. The Morgan fingerprint density at radius 2 is 1.77 bits per heavy atom. The van der Waals surface area contributed by atoms with E-state index in [4.69, 9.17) is 0 Å². The van der Waals surface area contributed by atoms with Crippen LogP contribution in [0.25, 0.3) is 0 Å². The summed E-state index contributed by atoms with van der Waals surface area (Å²) < 4.78 is 53.4. The van der Waals surface area contributed by atoms with Gasteiger partial charge in [-0.3, -0.25) is 4.72 Å². The van der Waals surface area contributed by atoms with Gasteiger partial charge in [-0.05, 0) is 54.8 Å². The maximum atomic E-state index is 13.3. The third-order valence-corrected chi connectivity index (χ3v) is 6.30. The first kappa shape index (κ1) is 21.0. The van der Waals surface area contributed by atoms with Gasteiger partial charge >= 0.3 is 0 Å². The lowest BCUT2D eigenvalue weighted by molar-refractivity contribution is 0.509. The SMILES string of the molecule is O=S(=O)(Nc1ccc(F)c(F)c1)c1ccc(NCc2ccnc(N3CCCC3)c2)nc1. The molecule has 2 N–H and O–H groups in total. The number of rotatable bonds is 7. The van der Waals surface area contributed by atoms with Gasteiger partial charge in [-0.2, -0.15) is 0 Å². The summed E-state index contributed by atoms with van der Waals surface area (Å²) in [5.74, 6) is -0.732. The number of nitrogens with one attached hydrogen (secondary N) is 2. The smallest absolute Gasteiger partial charge is 0.263 e. The van der Waals surface area contributed by atoms with Crippen molar-refractivity contribution in [2.45, 2.75) is 24.3 Å². The number of pyridine rings is 2. The van der Waals surface area contributed by atoms with Crippen LogP contribution in [0.4, 0.5) is 26.1 Å².